The number of carbonyl (C=O) groups excluding carboxylic acids is 2. The number of rotatable bonds is 8. The zero-order chi connectivity index (χ0) is 24.9. The Bertz CT molecular complexity index is 1230. The molecular weight excluding hydrogens is 448 g/mol. The van der Waals surface area contributed by atoms with Crippen molar-refractivity contribution in [3.05, 3.63) is 83.4 Å². The third-order valence-corrected chi connectivity index (χ3v) is 6.03. The number of nitrogens with one attached hydrogen (secondary N) is 1. The van der Waals surface area contributed by atoms with Crippen molar-refractivity contribution in [2.75, 3.05) is 32.1 Å². The quantitative estimate of drug-likeness (QED) is 0.494. The lowest BCUT2D eigenvalue weighted by Gasteiger charge is -2.21. The third kappa shape index (κ3) is 4.96. The van der Waals surface area contributed by atoms with E-state index >= 15 is 0 Å². The van der Waals surface area contributed by atoms with E-state index in [4.69, 9.17) is 14.6 Å². The number of hydrogen-bond acceptors (Lipinski definition) is 5. The van der Waals surface area contributed by atoms with Crippen LogP contribution >= 0.6 is 0 Å². The predicted molar refractivity (Wildman–Crippen MR) is 131 cm³/mol. The smallest absolute Gasteiger partial charge is 0.411 e. The molecule has 0 aromatic heterocycles. The Labute approximate surface area is 203 Å². The van der Waals surface area contributed by atoms with Crippen LogP contribution in [0.2, 0.25) is 0 Å². The van der Waals surface area contributed by atoms with Crippen molar-refractivity contribution in [1.82, 2.24) is 4.90 Å². The van der Waals surface area contributed by atoms with Crippen LogP contribution in [0.15, 0.2) is 66.7 Å². The Morgan fingerprint density at radius 3 is 2.17 bits per heavy atom. The molecular formula is C27H26N2O6. The van der Waals surface area contributed by atoms with Gasteiger partial charge in [0.15, 0.2) is 0 Å². The molecule has 0 bridgehead atoms. The summed E-state index contributed by atoms with van der Waals surface area (Å²) < 4.78 is 10.8. The summed E-state index contributed by atoms with van der Waals surface area (Å²) in [5.74, 6) is -1.33. The predicted octanol–water partition coefficient (Wildman–Crippen LogP) is 4.60. The van der Waals surface area contributed by atoms with E-state index in [9.17, 15) is 14.4 Å². The molecule has 0 spiro atoms. The monoisotopic (exact) mass is 474 g/mol. The van der Waals surface area contributed by atoms with E-state index in [1.54, 1.807) is 13.0 Å². The first-order chi connectivity index (χ1) is 16.9. The number of carboxylic acid groups (broad SMARTS) is 1. The molecule has 0 saturated heterocycles. The highest BCUT2D eigenvalue weighted by Crippen LogP contribution is 2.44. The minimum absolute atomic E-state index is 0.106. The van der Waals surface area contributed by atoms with Gasteiger partial charge in [-0.15, -0.1) is 0 Å². The molecule has 0 atom stereocenters. The summed E-state index contributed by atoms with van der Waals surface area (Å²) in [6.07, 6.45) is -0.726. The molecule has 3 aromatic carbocycles. The zero-order valence-electron chi connectivity index (χ0n) is 19.5. The van der Waals surface area contributed by atoms with E-state index in [0.717, 1.165) is 22.3 Å². The molecule has 0 heterocycles. The second-order valence-corrected chi connectivity index (χ2v) is 8.08. The molecule has 0 aliphatic heterocycles. The van der Waals surface area contributed by atoms with Gasteiger partial charge < -0.3 is 19.5 Å². The first-order valence-electron chi connectivity index (χ1n) is 11.2. The van der Waals surface area contributed by atoms with Crippen LogP contribution in [0.5, 0.6) is 5.75 Å². The highest BCUT2D eigenvalue weighted by Gasteiger charge is 2.29. The summed E-state index contributed by atoms with van der Waals surface area (Å²) >= 11 is 0. The number of aliphatic carboxylic acids is 1. The van der Waals surface area contributed by atoms with Crippen LogP contribution in [0.1, 0.15) is 34.3 Å². The molecule has 0 unspecified atom stereocenters. The van der Waals surface area contributed by atoms with Crippen LogP contribution < -0.4 is 10.1 Å². The lowest BCUT2D eigenvalue weighted by Crippen LogP contribution is -2.36. The molecule has 1 aliphatic carbocycles. The fourth-order valence-corrected chi connectivity index (χ4v) is 4.35. The molecule has 2 N–H and O–H groups in total. The Hall–Kier alpha value is -4.33. The van der Waals surface area contributed by atoms with Crippen molar-refractivity contribution >= 4 is 23.7 Å². The van der Waals surface area contributed by atoms with Crippen LogP contribution in [-0.4, -0.2) is 54.8 Å². The highest BCUT2D eigenvalue weighted by atomic mass is 16.5. The number of likely N-dealkylation sites (N-methyl/N-ethyl adjacent to an activating group) is 1. The molecule has 3 aromatic rings. The van der Waals surface area contributed by atoms with E-state index < -0.39 is 24.5 Å². The van der Waals surface area contributed by atoms with Crippen LogP contribution in [0, 0.1) is 0 Å². The van der Waals surface area contributed by atoms with Gasteiger partial charge in [0.1, 0.15) is 18.9 Å². The van der Waals surface area contributed by atoms with Crippen LogP contribution in [-0.2, 0) is 9.53 Å². The van der Waals surface area contributed by atoms with E-state index in [-0.39, 0.29) is 30.3 Å². The first kappa shape index (κ1) is 23.8. The Morgan fingerprint density at radius 2 is 1.60 bits per heavy atom. The average molecular weight is 475 g/mol. The maximum Gasteiger partial charge on any atom is 0.411 e. The molecule has 180 valence electrons. The Balaban J connectivity index is 1.52. The number of hydrogen-bond donors (Lipinski definition) is 2. The van der Waals surface area contributed by atoms with Crippen molar-refractivity contribution in [1.29, 1.82) is 0 Å². The molecule has 2 amide bonds. The fourth-order valence-electron chi connectivity index (χ4n) is 4.35. The van der Waals surface area contributed by atoms with E-state index in [2.05, 4.69) is 17.4 Å². The van der Waals surface area contributed by atoms with Gasteiger partial charge in [-0.05, 0) is 41.3 Å². The maximum atomic E-state index is 13.0. The number of methoxy groups -OCH3 is 1. The molecule has 0 fully saturated rings. The third-order valence-electron chi connectivity index (χ3n) is 6.03. The van der Waals surface area contributed by atoms with E-state index in [1.165, 1.54) is 24.1 Å². The summed E-state index contributed by atoms with van der Waals surface area (Å²) in [6.45, 7) is 1.55. The summed E-state index contributed by atoms with van der Waals surface area (Å²) in [5, 5.41) is 11.8. The summed E-state index contributed by atoms with van der Waals surface area (Å²) in [7, 11) is 1.47. The molecule has 1 aliphatic rings. The second kappa shape index (κ2) is 10.3. The highest BCUT2D eigenvalue weighted by molar-refractivity contribution is 6.03. The summed E-state index contributed by atoms with van der Waals surface area (Å²) in [5.41, 5.74) is 4.74. The van der Waals surface area contributed by atoms with Crippen molar-refractivity contribution in [3.8, 4) is 16.9 Å². The number of carboxylic acids is 1. The normalized spacial score (nSPS) is 11.8. The van der Waals surface area contributed by atoms with Crippen LogP contribution in [0.4, 0.5) is 10.5 Å². The van der Waals surface area contributed by atoms with E-state index in [1.807, 2.05) is 36.4 Å². The van der Waals surface area contributed by atoms with Gasteiger partial charge >= 0.3 is 12.1 Å². The summed E-state index contributed by atoms with van der Waals surface area (Å²) in [6, 6.07) is 20.6. The van der Waals surface area contributed by atoms with Gasteiger partial charge in [0.25, 0.3) is 5.91 Å². The number of anilines is 1. The van der Waals surface area contributed by atoms with Gasteiger partial charge in [-0.1, -0.05) is 48.5 Å². The minimum atomic E-state index is -1.13. The molecule has 4 rings (SSSR count). The molecule has 0 radical (unpaired) electrons. The lowest BCUT2D eigenvalue weighted by molar-refractivity contribution is -0.137. The van der Waals surface area contributed by atoms with Crippen LogP contribution in [0.3, 0.4) is 0 Å². The van der Waals surface area contributed by atoms with Gasteiger partial charge in [0.2, 0.25) is 0 Å². The van der Waals surface area contributed by atoms with Gasteiger partial charge in [-0.2, -0.15) is 0 Å². The molecule has 0 saturated carbocycles. The maximum absolute atomic E-state index is 13.0. The number of ether oxygens (including phenoxy) is 2. The first-order valence-corrected chi connectivity index (χ1v) is 11.2. The van der Waals surface area contributed by atoms with Crippen molar-refractivity contribution in [2.24, 2.45) is 0 Å². The number of nitrogens with zero attached hydrogens (tertiary/aromatic N) is 1. The number of amides is 2. The van der Waals surface area contributed by atoms with Crippen LogP contribution in [0.25, 0.3) is 11.1 Å². The number of fused-ring (bicyclic) bond motifs is 3. The average Bonchev–Trinajstić information content (AvgIpc) is 3.19. The van der Waals surface area contributed by atoms with Gasteiger partial charge in [0.05, 0.1) is 18.4 Å². The van der Waals surface area contributed by atoms with Crippen molar-refractivity contribution < 1.29 is 29.0 Å². The van der Waals surface area contributed by atoms with Gasteiger partial charge in [-0.25, -0.2) is 4.79 Å². The summed E-state index contributed by atoms with van der Waals surface area (Å²) in [4.78, 5) is 38.1. The number of benzene rings is 3. The number of carbonyl (C=O) groups is 3. The molecule has 8 heteroatoms. The van der Waals surface area contributed by atoms with Crippen molar-refractivity contribution in [2.45, 2.75) is 12.8 Å². The Kier molecular flexibility index (Phi) is 7.01. The van der Waals surface area contributed by atoms with Gasteiger partial charge in [-0.3, -0.25) is 14.9 Å². The second-order valence-electron chi connectivity index (χ2n) is 8.08. The molecule has 35 heavy (non-hydrogen) atoms. The Morgan fingerprint density at radius 1 is 0.971 bits per heavy atom. The lowest BCUT2D eigenvalue weighted by atomic mass is 9.98. The fraction of sp³-hybridized carbons (Fsp3) is 0.222. The SMILES string of the molecule is CCN(CC(=O)O)C(=O)c1ccc(OC)cc1NC(=O)OCC1c2ccccc2-c2ccccc21. The molecule has 8 nitrogen and oxygen atoms in total. The standard InChI is InChI=1S/C27H26N2O6/c1-3-29(15-25(30)31)26(32)22-13-12-17(34-2)14-24(22)28-27(33)35-16-23-20-10-6-4-8-18(20)19-9-5-7-11-21(19)23/h4-14,23H,3,15-16H2,1-2H3,(H,28,33)(H,30,31). The topological polar surface area (TPSA) is 105 Å². The minimum Gasteiger partial charge on any atom is -0.497 e. The van der Waals surface area contributed by atoms with Gasteiger partial charge in [0, 0.05) is 18.5 Å². The zero-order valence-corrected chi connectivity index (χ0v) is 19.5. The van der Waals surface area contributed by atoms with E-state index in [0.29, 0.717) is 5.75 Å². The largest absolute Gasteiger partial charge is 0.497 e. The van der Waals surface area contributed by atoms with Crippen molar-refractivity contribution in [3.63, 3.8) is 0 Å².